The van der Waals surface area contributed by atoms with E-state index in [0.29, 0.717) is 6.42 Å². The van der Waals surface area contributed by atoms with E-state index in [1.807, 2.05) is 13.8 Å². The van der Waals surface area contributed by atoms with Crippen LogP contribution in [0.1, 0.15) is 19.5 Å². The number of carbonyl (C=O) groups excluding carboxylic acids is 1. The van der Waals surface area contributed by atoms with E-state index in [9.17, 15) is 4.79 Å². The number of hydrogen-bond acceptors (Lipinski definition) is 3. The molecule has 1 amide bonds. The molecule has 0 radical (unpaired) electrons. The average molecular weight is 196 g/mol. The standard InChI is InChI=1S/C9H16N4O/c1-6(2)13-9(14)8(10)3-7-4-11-5-12-7/h4-6,8H,3,10H2,1-2H3,(H,11,12)(H,13,14)/t8-/m1/s1. The van der Waals surface area contributed by atoms with E-state index in [1.165, 1.54) is 0 Å². The zero-order valence-electron chi connectivity index (χ0n) is 8.45. The number of aromatic amines is 1. The zero-order valence-corrected chi connectivity index (χ0v) is 8.45. The maximum atomic E-state index is 11.4. The van der Waals surface area contributed by atoms with Gasteiger partial charge in [0.15, 0.2) is 0 Å². The van der Waals surface area contributed by atoms with Crippen LogP contribution in [0.2, 0.25) is 0 Å². The van der Waals surface area contributed by atoms with Crippen molar-refractivity contribution in [1.82, 2.24) is 15.3 Å². The van der Waals surface area contributed by atoms with Crippen molar-refractivity contribution in [1.29, 1.82) is 0 Å². The molecule has 5 nitrogen and oxygen atoms in total. The van der Waals surface area contributed by atoms with Crippen LogP contribution in [0.15, 0.2) is 12.5 Å². The molecule has 4 N–H and O–H groups in total. The number of imidazole rings is 1. The molecular weight excluding hydrogens is 180 g/mol. The van der Waals surface area contributed by atoms with Crippen molar-refractivity contribution in [3.63, 3.8) is 0 Å². The largest absolute Gasteiger partial charge is 0.353 e. The van der Waals surface area contributed by atoms with Crippen LogP contribution in [0.4, 0.5) is 0 Å². The van der Waals surface area contributed by atoms with E-state index >= 15 is 0 Å². The van der Waals surface area contributed by atoms with Gasteiger partial charge in [0.1, 0.15) is 0 Å². The lowest BCUT2D eigenvalue weighted by Gasteiger charge is -2.13. The molecule has 14 heavy (non-hydrogen) atoms. The van der Waals surface area contributed by atoms with Crippen LogP contribution >= 0.6 is 0 Å². The summed E-state index contributed by atoms with van der Waals surface area (Å²) in [4.78, 5) is 18.2. The predicted molar refractivity (Wildman–Crippen MR) is 53.5 cm³/mol. The lowest BCUT2D eigenvalue weighted by Crippen LogP contribution is -2.44. The molecule has 0 aliphatic heterocycles. The van der Waals surface area contributed by atoms with Crippen LogP contribution in [0.25, 0.3) is 0 Å². The maximum absolute atomic E-state index is 11.4. The second-order valence-corrected chi connectivity index (χ2v) is 3.55. The number of carbonyl (C=O) groups is 1. The van der Waals surface area contributed by atoms with Crippen molar-refractivity contribution >= 4 is 5.91 Å². The Hall–Kier alpha value is -1.36. The third kappa shape index (κ3) is 3.18. The fraction of sp³-hybridized carbons (Fsp3) is 0.556. The number of hydrogen-bond donors (Lipinski definition) is 3. The summed E-state index contributed by atoms with van der Waals surface area (Å²) in [6.07, 6.45) is 3.73. The molecule has 1 aromatic heterocycles. The van der Waals surface area contributed by atoms with Crippen LogP contribution in [0.3, 0.4) is 0 Å². The molecule has 0 bridgehead atoms. The molecule has 1 atom stereocenters. The molecule has 0 spiro atoms. The number of H-pyrrole nitrogens is 1. The van der Waals surface area contributed by atoms with E-state index in [-0.39, 0.29) is 11.9 Å². The molecule has 0 aromatic carbocycles. The first kappa shape index (κ1) is 10.7. The molecule has 1 heterocycles. The van der Waals surface area contributed by atoms with Crippen molar-refractivity contribution in [2.75, 3.05) is 0 Å². The first-order valence-electron chi connectivity index (χ1n) is 4.63. The lowest BCUT2D eigenvalue weighted by atomic mass is 10.1. The van der Waals surface area contributed by atoms with Crippen LogP contribution in [-0.2, 0) is 11.2 Å². The van der Waals surface area contributed by atoms with Gasteiger partial charge < -0.3 is 16.0 Å². The van der Waals surface area contributed by atoms with Crippen molar-refractivity contribution in [3.8, 4) is 0 Å². The summed E-state index contributed by atoms with van der Waals surface area (Å²) in [6.45, 7) is 3.81. The maximum Gasteiger partial charge on any atom is 0.237 e. The molecule has 0 saturated heterocycles. The van der Waals surface area contributed by atoms with Gasteiger partial charge in [-0.15, -0.1) is 0 Å². The highest BCUT2D eigenvalue weighted by Crippen LogP contribution is 1.96. The Kier molecular flexibility index (Phi) is 3.64. The van der Waals surface area contributed by atoms with Gasteiger partial charge in [0.05, 0.1) is 12.4 Å². The Morgan fingerprint density at radius 1 is 1.71 bits per heavy atom. The number of nitrogens with one attached hydrogen (secondary N) is 2. The summed E-state index contributed by atoms with van der Waals surface area (Å²) in [5.74, 6) is -0.130. The fourth-order valence-electron chi connectivity index (χ4n) is 1.12. The summed E-state index contributed by atoms with van der Waals surface area (Å²) < 4.78 is 0. The van der Waals surface area contributed by atoms with Crippen LogP contribution in [0.5, 0.6) is 0 Å². The highest BCUT2D eigenvalue weighted by molar-refractivity contribution is 5.81. The minimum Gasteiger partial charge on any atom is -0.353 e. The van der Waals surface area contributed by atoms with E-state index in [1.54, 1.807) is 12.5 Å². The number of rotatable bonds is 4. The zero-order chi connectivity index (χ0) is 10.6. The van der Waals surface area contributed by atoms with Gasteiger partial charge in [0.25, 0.3) is 0 Å². The number of amides is 1. The van der Waals surface area contributed by atoms with Crippen molar-refractivity contribution < 1.29 is 4.79 Å². The summed E-state index contributed by atoms with van der Waals surface area (Å²) in [5, 5.41) is 2.76. The molecule has 0 unspecified atom stereocenters. The molecule has 1 rings (SSSR count). The number of nitrogens with two attached hydrogens (primary N) is 1. The fourth-order valence-corrected chi connectivity index (χ4v) is 1.12. The van der Waals surface area contributed by atoms with Gasteiger partial charge >= 0.3 is 0 Å². The normalized spacial score (nSPS) is 12.9. The van der Waals surface area contributed by atoms with E-state index in [0.717, 1.165) is 5.69 Å². The van der Waals surface area contributed by atoms with E-state index in [2.05, 4.69) is 15.3 Å². The molecular formula is C9H16N4O. The quantitative estimate of drug-likeness (QED) is 0.623. The predicted octanol–water partition coefficient (Wildman–Crippen LogP) is -0.196. The summed E-state index contributed by atoms with van der Waals surface area (Å²) >= 11 is 0. The third-order valence-electron chi connectivity index (χ3n) is 1.76. The van der Waals surface area contributed by atoms with Crippen LogP contribution in [0, 0.1) is 0 Å². The lowest BCUT2D eigenvalue weighted by molar-refractivity contribution is -0.122. The Balaban J connectivity index is 2.42. The van der Waals surface area contributed by atoms with Gasteiger partial charge in [-0.1, -0.05) is 0 Å². The van der Waals surface area contributed by atoms with Gasteiger partial charge in [-0.25, -0.2) is 4.98 Å². The molecule has 0 aliphatic carbocycles. The summed E-state index contributed by atoms with van der Waals surface area (Å²) in [7, 11) is 0. The Morgan fingerprint density at radius 2 is 2.43 bits per heavy atom. The third-order valence-corrected chi connectivity index (χ3v) is 1.76. The molecule has 78 valence electrons. The van der Waals surface area contributed by atoms with E-state index < -0.39 is 6.04 Å². The van der Waals surface area contributed by atoms with E-state index in [4.69, 9.17) is 5.73 Å². The smallest absolute Gasteiger partial charge is 0.237 e. The number of nitrogens with zero attached hydrogens (tertiary/aromatic N) is 1. The topological polar surface area (TPSA) is 83.8 Å². The minimum atomic E-state index is -0.516. The monoisotopic (exact) mass is 196 g/mol. The van der Waals surface area contributed by atoms with Crippen molar-refractivity contribution in [2.24, 2.45) is 5.73 Å². The SMILES string of the molecule is CC(C)NC(=O)[C@H](N)Cc1cnc[nH]1. The summed E-state index contributed by atoms with van der Waals surface area (Å²) in [6, 6.07) is -0.395. The average Bonchev–Trinajstić information content (AvgIpc) is 2.55. The summed E-state index contributed by atoms with van der Waals surface area (Å²) in [5.41, 5.74) is 6.57. The molecule has 0 fully saturated rings. The highest BCUT2D eigenvalue weighted by atomic mass is 16.2. The van der Waals surface area contributed by atoms with Gasteiger partial charge in [0.2, 0.25) is 5.91 Å². The molecule has 1 aromatic rings. The number of aromatic nitrogens is 2. The minimum absolute atomic E-state index is 0.121. The Labute approximate surface area is 83.1 Å². The van der Waals surface area contributed by atoms with Gasteiger partial charge in [0, 0.05) is 24.4 Å². The van der Waals surface area contributed by atoms with Gasteiger partial charge in [-0.3, -0.25) is 4.79 Å². The molecule has 0 saturated carbocycles. The van der Waals surface area contributed by atoms with Crippen LogP contribution < -0.4 is 11.1 Å². The van der Waals surface area contributed by atoms with Crippen LogP contribution in [-0.4, -0.2) is 28.0 Å². The Morgan fingerprint density at radius 3 is 2.93 bits per heavy atom. The van der Waals surface area contributed by atoms with Gasteiger partial charge in [-0.05, 0) is 13.8 Å². The first-order valence-corrected chi connectivity index (χ1v) is 4.63. The molecule has 5 heteroatoms. The first-order chi connectivity index (χ1) is 6.59. The second-order valence-electron chi connectivity index (χ2n) is 3.55. The highest BCUT2D eigenvalue weighted by Gasteiger charge is 2.14. The van der Waals surface area contributed by atoms with Crippen molar-refractivity contribution in [2.45, 2.75) is 32.4 Å². The van der Waals surface area contributed by atoms with Gasteiger partial charge in [-0.2, -0.15) is 0 Å². The van der Waals surface area contributed by atoms with Crippen molar-refractivity contribution in [3.05, 3.63) is 18.2 Å². The second kappa shape index (κ2) is 4.76. The molecule has 0 aliphatic rings. The Bertz CT molecular complexity index is 281.